The average molecular weight is 392 g/mol. The third-order valence-electron chi connectivity index (χ3n) is 5.56. The zero-order valence-electron chi connectivity index (χ0n) is 15.1. The van der Waals surface area contributed by atoms with E-state index in [2.05, 4.69) is 6.58 Å². The summed E-state index contributed by atoms with van der Waals surface area (Å²) in [5, 5.41) is 8.93. The number of hydrogen-bond donors (Lipinski definition) is 1. The van der Waals surface area contributed by atoms with Crippen LogP contribution in [0.25, 0.3) is 0 Å². The van der Waals surface area contributed by atoms with Crippen molar-refractivity contribution in [2.75, 3.05) is 26.2 Å². The van der Waals surface area contributed by atoms with Crippen LogP contribution >= 0.6 is 0 Å². The molecule has 7 nitrogen and oxygen atoms in total. The molecule has 8 heteroatoms. The molecule has 1 aromatic rings. The van der Waals surface area contributed by atoms with Gasteiger partial charge in [-0.3, -0.25) is 4.79 Å². The van der Waals surface area contributed by atoms with Crippen molar-refractivity contribution in [3.63, 3.8) is 0 Å². The number of allylic oxidation sites excluding steroid dienone is 1. The fourth-order valence-electron chi connectivity index (χ4n) is 3.77. The molecule has 0 radical (unpaired) electrons. The minimum Gasteiger partial charge on any atom is -0.478 e. The van der Waals surface area contributed by atoms with Crippen molar-refractivity contribution in [2.45, 2.75) is 30.6 Å². The van der Waals surface area contributed by atoms with Crippen LogP contribution in [-0.4, -0.2) is 60.8 Å². The summed E-state index contributed by atoms with van der Waals surface area (Å²) in [6.45, 7) is 4.96. The minimum absolute atomic E-state index is 0.0392. The average Bonchev–Trinajstić information content (AvgIpc) is 2.64. The molecule has 0 atom stereocenters. The summed E-state index contributed by atoms with van der Waals surface area (Å²) in [6, 6.07) is 5.18. The van der Waals surface area contributed by atoms with Gasteiger partial charge in [0.25, 0.3) is 0 Å². The Bertz CT molecular complexity index is 835. The molecule has 1 saturated carbocycles. The molecule has 0 unspecified atom stereocenters. The van der Waals surface area contributed by atoms with Gasteiger partial charge >= 0.3 is 5.97 Å². The molecule has 146 valence electrons. The van der Waals surface area contributed by atoms with Gasteiger partial charge in [0.2, 0.25) is 15.9 Å². The fourth-order valence-corrected chi connectivity index (χ4v) is 5.19. The molecule has 27 heavy (non-hydrogen) atoms. The van der Waals surface area contributed by atoms with Gasteiger partial charge in [0.1, 0.15) is 0 Å². The van der Waals surface area contributed by atoms with E-state index in [0.29, 0.717) is 19.5 Å². The highest BCUT2D eigenvalue weighted by Crippen LogP contribution is 2.45. The number of nitrogens with zero attached hydrogens (tertiary/aromatic N) is 2. The number of carbonyl (C=O) groups is 2. The van der Waals surface area contributed by atoms with Gasteiger partial charge in [-0.2, -0.15) is 4.31 Å². The molecule has 1 N–H and O–H groups in total. The number of carboxylic acids is 1. The Morgan fingerprint density at radius 3 is 2.15 bits per heavy atom. The van der Waals surface area contributed by atoms with Crippen molar-refractivity contribution in [1.29, 1.82) is 0 Å². The normalized spacial score (nSPS) is 19.9. The summed E-state index contributed by atoms with van der Waals surface area (Å²) in [4.78, 5) is 25.6. The van der Waals surface area contributed by atoms with Crippen molar-refractivity contribution in [3.05, 3.63) is 42.5 Å². The van der Waals surface area contributed by atoms with E-state index >= 15 is 0 Å². The molecule has 1 aliphatic carbocycles. The number of aromatic carboxylic acids is 1. The lowest BCUT2D eigenvalue weighted by molar-refractivity contribution is -0.148. The highest BCUT2D eigenvalue weighted by Gasteiger charge is 2.46. The second-order valence-electron chi connectivity index (χ2n) is 7.15. The van der Waals surface area contributed by atoms with Gasteiger partial charge in [-0.25, -0.2) is 13.2 Å². The number of rotatable bonds is 6. The Labute approximate surface area is 159 Å². The van der Waals surface area contributed by atoms with Crippen LogP contribution in [-0.2, 0) is 14.8 Å². The van der Waals surface area contributed by atoms with Gasteiger partial charge < -0.3 is 10.0 Å². The van der Waals surface area contributed by atoms with Gasteiger partial charge in [-0.15, -0.1) is 6.58 Å². The first-order valence-electron chi connectivity index (χ1n) is 9.04. The highest BCUT2D eigenvalue weighted by molar-refractivity contribution is 7.89. The molecule has 2 aliphatic rings. The van der Waals surface area contributed by atoms with E-state index < -0.39 is 16.0 Å². The topological polar surface area (TPSA) is 95.0 Å². The van der Waals surface area contributed by atoms with Crippen molar-refractivity contribution >= 4 is 21.9 Å². The summed E-state index contributed by atoms with van der Waals surface area (Å²) in [5.41, 5.74) is -0.299. The largest absolute Gasteiger partial charge is 0.478 e. The third kappa shape index (κ3) is 3.64. The summed E-state index contributed by atoms with van der Waals surface area (Å²) >= 11 is 0. The molecule has 1 saturated heterocycles. The maximum Gasteiger partial charge on any atom is 0.335 e. The van der Waals surface area contributed by atoms with Gasteiger partial charge in [0.15, 0.2) is 0 Å². The van der Waals surface area contributed by atoms with Crippen LogP contribution in [0.4, 0.5) is 0 Å². The van der Waals surface area contributed by atoms with Crippen LogP contribution in [0.15, 0.2) is 41.8 Å². The Hall–Kier alpha value is -2.19. The first kappa shape index (κ1) is 19.6. The van der Waals surface area contributed by atoms with E-state index in [9.17, 15) is 18.0 Å². The second-order valence-corrected chi connectivity index (χ2v) is 9.09. The summed E-state index contributed by atoms with van der Waals surface area (Å²) in [5.74, 6) is -0.993. The molecule has 0 bridgehead atoms. The monoisotopic (exact) mass is 392 g/mol. The number of amides is 1. The smallest absolute Gasteiger partial charge is 0.335 e. The summed E-state index contributed by atoms with van der Waals surface area (Å²) in [6.07, 6.45) is 5.23. The molecule has 0 spiro atoms. The lowest BCUT2D eigenvalue weighted by Gasteiger charge is -2.45. The number of carbonyl (C=O) groups excluding carboxylic acids is 1. The van der Waals surface area contributed by atoms with Gasteiger partial charge in [-0.05, 0) is 43.5 Å². The fraction of sp³-hybridized carbons (Fsp3) is 0.474. The van der Waals surface area contributed by atoms with Crippen LogP contribution in [0.5, 0.6) is 0 Å². The van der Waals surface area contributed by atoms with Crippen LogP contribution in [0, 0.1) is 5.41 Å². The molecular formula is C19H24N2O5S. The van der Waals surface area contributed by atoms with E-state index in [0.717, 1.165) is 19.3 Å². The van der Waals surface area contributed by atoms with E-state index in [1.807, 2.05) is 0 Å². The van der Waals surface area contributed by atoms with Gasteiger partial charge in [-0.1, -0.05) is 12.5 Å². The van der Waals surface area contributed by atoms with Crippen molar-refractivity contribution in [3.8, 4) is 0 Å². The summed E-state index contributed by atoms with van der Waals surface area (Å²) < 4.78 is 26.9. The Kier molecular flexibility index (Phi) is 5.39. The lowest BCUT2D eigenvalue weighted by atomic mass is 9.65. The third-order valence-corrected chi connectivity index (χ3v) is 7.48. The number of piperazine rings is 1. The van der Waals surface area contributed by atoms with Gasteiger partial charge in [0.05, 0.1) is 15.9 Å². The SMILES string of the molecule is C=CCC1(C(=O)N2CCN(S(=O)(=O)c3ccc(C(=O)O)cc3)CC2)CCC1. The number of benzene rings is 1. The first-order chi connectivity index (χ1) is 12.8. The standard InChI is InChI=1S/C19H24N2O5S/c1-2-8-19(9-3-10-19)18(24)20-11-13-21(14-12-20)27(25,26)16-6-4-15(5-7-16)17(22)23/h2,4-7H,1,3,8-14H2,(H,22,23). The quantitative estimate of drug-likeness (QED) is 0.747. The molecule has 1 amide bonds. The number of sulfonamides is 1. The zero-order valence-corrected chi connectivity index (χ0v) is 16.0. The molecule has 1 aliphatic heterocycles. The molecule has 2 fully saturated rings. The predicted molar refractivity (Wildman–Crippen MR) is 99.8 cm³/mol. The Morgan fingerprint density at radius 1 is 1.11 bits per heavy atom. The first-order valence-corrected chi connectivity index (χ1v) is 10.5. The van der Waals surface area contributed by atoms with Crippen molar-refractivity contribution in [2.24, 2.45) is 5.41 Å². The lowest BCUT2D eigenvalue weighted by Crippen LogP contribution is -2.55. The number of hydrogen-bond acceptors (Lipinski definition) is 4. The van der Waals surface area contributed by atoms with E-state index in [-0.39, 0.29) is 34.9 Å². The van der Waals surface area contributed by atoms with Crippen LogP contribution in [0.3, 0.4) is 0 Å². The maximum atomic E-state index is 12.9. The molecule has 1 heterocycles. The molecular weight excluding hydrogens is 368 g/mol. The Morgan fingerprint density at radius 2 is 1.70 bits per heavy atom. The second kappa shape index (κ2) is 7.44. The molecule has 1 aromatic carbocycles. The van der Waals surface area contributed by atoms with E-state index in [1.165, 1.54) is 28.6 Å². The minimum atomic E-state index is -3.70. The Balaban J connectivity index is 1.66. The molecule has 0 aromatic heterocycles. The maximum absolute atomic E-state index is 12.9. The van der Waals surface area contributed by atoms with Crippen molar-refractivity contribution in [1.82, 2.24) is 9.21 Å². The highest BCUT2D eigenvalue weighted by atomic mass is 32.2. The summed E-state index contributed by atoms with van der Waals surface area (Å²) in [7, 11) is -3.70. The van der Waals surface area contributed by atoms with E-state index in [1.54, 1.807) is 11.0 Å². The zero-order chi connectivity index (χ0) is 19.7. The van der Waals surface area contributed by atoms with Gasteiger partial charge in [0, 0.05) is 26.2 Å². The van der Waals surface area contributed by atoms with Crippen molar-refractivity contribution < 1.29 is 23.1 Å². The van der Waals surface area contributed by atoms with Crippen LogP contribution in [0.1, 0.15) is 36.0 Å². The predicted octanol–water partition coefficient (Wildman–Crippen LogP) is 1.96. The van der Waals surface area contributed by atoms with Crippen LogP contribution < -0.4 is 0 Å². The van der Waals surface area contributed by atoms with Crippen LogP contribution in [0.2, 0.25) is 0 Å². The number of carboxylic acid groups (broad SMARTS) is 1. The molecule has 3 rings (SSSR count). The van der Waals surface area contributed by atoms with E-state index in [4.69, 9.17) is 5.11 Å².